The molecule has 158 valence electrons. The van der Waals surface area contributed by atoms with E-state index in [1.807, 2.05) is 38.1 Å². The van der Waals surface area contributed by atoms with Gasteiger partial charge in [-0.25, -0.2) is 8.42 Å². The number of amides is 1. The Bertz CT molecular complexity index is 958. The highest BCUT2D eigenvalue weighted by Crippen LogP contribution is 2.33. The Morgan fingerprint density at radius 2 is 1.59 bits per heavy atom. The van der Waals surface area contributed by atoms with E-state index in [9.17, 15) is 13.2 Å². The average Bonchev–Trinajstić information content (AvgIpc) is 2.67. The number of hydrogen-bond donors (Lipinski definition) is 1. The van der Waals surface area contributed by atoms with E-state index in [0.717, 1.165) is 21.7 Å². The molecule has 0 aliphatic carbocycles. The second-order valence-electron chi connectivity index (χ2n) is 6.92. The molecule has 2 aromatic carbocycles. The van der Waals surface area contributed by atoms with E-state index in [0.29, 0.717) is 17.2 Å². The predicted molar refractivity (Wildman–Crippen MR) is 114 cm³/mol. The lowest BCUT2D eigenvalue weighted by molar-refractivity contribution is -0.122. The van der Waals surface area contributed by atoms with Gasteiger partial charge < -0.3 is 14.8 Å². The number of rotatable bonds is 8. The summed E-state index contributed by atoms with van der Waals surface area (Å²) in [7, 11) is -0.778. The molecule has 2 atom stereocenters. The summed E-state index contributed by atoms with van der Waals surface area (Å²) in [6.07, 6.45) is 1.07. The molecular formula is C21H28N2O5S. The van der Waals surface area contributed by atoms with Crippen LogP contribution in [0.1, 0.15) is 31.0 Å². The highest BCUT2D eigenvalue weighted by Gasteiger charge is 2.30. The molecule has 0 radical (unpaired) electrons. The number of benzene rings is 2. The van der Waals surface area contributed by atoms with Crippen LogP contribution in [0.3, 0.4) is 0 Å². The summed E-state index contributed by atoms with van der Waals surface area (Å²) in [4.78, 5) is 12.9. The van der Waals surface area contributed by atoms with Crippen LogP contribution in [0.5, 0.6) is 11.5 Å². The molecule has 0 spiro atoms. The zero-order valence-electron chi connectivity index (χ0n) is 17.6. The van der Waals surface area contributed by atoms with Gasteiger partial charge in [-0.15, -0.1) is 0 Å². The first kappa shape index (κ1) is 22.5. The summed E-state index contributed by atoms with van der Waals surface area (Å²) in [5.74, 6) is 0.437. The van der Waals surface area contributed by atoms with Crippen molar-refractivity contribution in [3.63, 3.8) is 0 Å². The fraction of sp³-hybridized carbons (Fsp3) is 0.381. The minimum Gasteiger partial charge on any atom is -0.493 e. The van der Waals surface area contributed by atoms with Crippen LogP contribution < -0.4 is 19.1 Å². The van der Waals surface area contributed by atoms with E-state index in [1.54, 1.807) is 19.1 Å². The fourth-order valence-corrected chi connectivity index (χ4v) is 4.21. The first-order chi connectivity index (χ1) is 13.6. The molecule has 0 saturated heterocycles. The smallest absolute Gasteiger partial charge is 0.244 e. The second-order valence-corrected chi connectivity index (χ2v) is 8.77. The van der Waals surface area contributed by atoms with Crippen molar-refractivity contribution in [3.05, 3.63) is 53.6 Å². The molecule has 8 heteroatoms. The van der Waals surface area contributed by atoms with Crippen molar-refractivity contribution in [2.75, 3.05) is 24.8 Å². The van der Waals surface area contributed by atoms with Crippen LogP contribution in [0, 0.1) is 6.92 Å². The number of sulfonamides is 1. The maximum absolute atomic E-state index is 12.9. The number of ether oxygens (including phenoxy) is 2. The first-order valence-electron chi connectivity index (χ1n) is 9.16. The van der Waals surface area contributed by atoms with Crippen molar-refractivity contribution in [1.82, 2.24) is 5.32 Å². The number of aryl methyl sites for hydroxylation is 1. The summed E-state index contributed by atoms with van der Waals surface area (Å²) in [6.45, 7) is 5.40. The summed E-state index contributed by atoms with van der Waals surface area (Å²) in [5, 5.41) is 2.89. The molecule has 0 aliphatic heterocycles. The molecule has 2 rings (SSSR count). The van der Waals surface area contributed by atoms with Crippen LogP contribution in [0.4, 0.5) is 5.69 Å². The lowest BCUT2D eigenvalue weighted by Gasteiger charge is -2.29. The largest absolute Gasteiger partial charge is 0.493 e. The third-order valence-corrected chi connectivity index (χ3v) is 5.89. The van der Waals surface area contributed by atoms with Crippen LogP contribution in [0.25, 0.3) is 0 Å². The number of carbonyl (C=O) groups excluding carboxylic acids is 1. The van der Waals surface area contributed by atoms with Gasteiger partial charge in [0.15, 0.2) is 11.5 Å². The fourth-order valence-electron chi connectivity index (χ4n) is 3.04. The van der Waals surface area contributed by atoms with Crippen molar-refractivity contribution < 1.29 is 22.7 Å². The van der Waals surface area contributed by atoms with E-state index >= 15 is 0 Å². The molecule has 0 aromatic heterocycles. The normalized spacial score (nSPS) is 13.3. The van der Waals surface area contributed by atoms with E-state index in [2.05, 4.69) is 5.32 Å². The summed E-state index contributed by atoms with van der Waals surface area (Å²) in [6, 6.07) is 11.3. The Morgan fingerprint density at radius 1 is 1.00 bits per heavy atom. The maximum atomic E-state index is 12.9. The maximum Gasteiger partial charge on any atom is 0.244 e. The van der Waals surface area contributed by atoms with Gasteiger partial charge in [0.25, 0.3) is 0 Å². The lowest BCUT2D eigenvalue weighted by atomic mass is 10.1. The number of nitrogens with one attached hydrogen (secondary N) is 1. The van der Waals surface area contributed by atoms with Gasteiger partial charge in [0.2, 0.25) is 15.9 Å². The van der Waals surface area contributed by atoms with Crippen molar-refractivity contribution in [2.24, 2.45) is 0 Å². The molecule has 1 amide bonds. The Labute approximate surface area is 172 Å². The van der Waals surface area contributed by atoms with E-state index in [4.69, 9.17) is 9.47 Å². The number of anilines is 1. The van der Waals surface area contributed by atoms with Crippen molar-refractivity contribution in [1.29, 1.82) is 0 Å². The molecule has 0 aliphatic rings. The van der Waals surface area contributed by atoms with Gasteiger partial charge >= 0.3 is 0 Å². The van der Waals surface area contributed by atoms with Crippen LogP contribution in [-0.2, 0) is 14.8 Å². The van der Waals surface area contributed by atoms with Gasteiger partial charge in [-0.05, 0) is 38.5 Å². The van der Waals surface area contributed by atoms with Gasteiger partial charge in [0.1, 0.15) is 6.04 Å². The molecular weight excluding hydrogens is 392 g/mol. The molecule has 0 saturated carbocycles. The van der Waals surface area contributed by atoms with Crippen molar-refractivity contribution in [3.8, 4) is 11.5 Å². The van der Waals surface area contributed by atoms with Crippen molar-refractivity contribution in [2.45, 2.75) is 32.9 Å². The molecule has 29 heavy (non-hydrogen) atoms. The number of methoxy groups -OCH3 is 2. The highest BCUT2D eigenvalue weighted by atomic mass is 32.2. The zero-order valence-corrected chi connectivity index (χ0v) is 18.4. The predicted octanol–water partition coefficient (Wildman–Crippen LogP) is 3.04. The van der Waals surface area contributed by atoms with E-state index < -0.39 is 22.0 Å². The van der Waals surface area contributed by atoms with Gasteiger partial charge in [0.05, 0.1) is 32.2 Å². The Morgan fingerprint density at radius 3 is 2.10 bits per heavy atom. The molecule has 7 nitrogen and oxygen atoms in total. The van der Waals surface area contributed by atoms with Gasteiger partial charge in [-0.3, -0.25) is 9.10 Å². The highest BCUT2D eigenvalue weighted by molar-refractivity contribution is 7.92. The Hall–Kier alpha value is -2.74. The molecule has 0 heterocycles. The Kier molecular flexibility index (Phi) is 7.13. The molecule has 2 aromatic rings. The Balaban J connectivity index is 2.30. The van der Waals surface area contributed by atoms with Gasteiger partial charge in [-0.2, -0.15) is 0 Å². The summed E-state index contributed by atoms with van der Waals surface area (Å²) in [5.41, 5.74) is 2.38. The second kappa shape index (κ2) is 9.17. The monoisotopic (exact) mass is 420 g/mol. The summed E-state index contributed by atoms with van der Waals surface area (Å²) >= 11 is 0. The third kappa shape index (κ3) is 5.41. The SMILES string of the molecule is COc1ccc(N([C@H](C)C(=O)N[C@@H](C)c2ccc(C)cc2)S(C)(=O)=O)cc1OC. The number of nitrogens with zero attached hydrogens (tertiary/aromatic N) is 1. The minimum atomic E-state index is -3.74. The molecule has 0 unspecified atom stereocenters. The zero-order chi connectivity index (χ0) is 21.8. The van der Waals surface area contributed by atoms with Gasteiger partial charge in [-0.1, -0.05) is 29.8 Å². The topological polar surface area (TPSA) is 84.9 Å². The third-order valence-electron chi connectivity index (χ3n) is 4.65. The van der Waals surface area contributed by atoms with Crippen molar-refractivity contribution >= 4 is 21.6 Å². The lowest BCUT2D eigenvalue weighted by Crippen LogP contribution is -2.48. The average molecular weight is 421 g/mol. The standard InChI is InChI=1S/C21H28N2O5S/c1-14-7-9-17(10-8-14)15(2)22-21(24)16(3)23(29(6,25)26)18-11-12-19(27-4)20(13-18)28-5/h7-13,15-16H,1-6H3,(H,22,24)/t15-,16+/m0/s1. The van der Waals surface area contributed by atoms with Crippen LogP contribution in [0.2, 0.25) is 0 Å². The quantitative estimate of drug-likeness (QED) is 0.710. The molecule has 0 fully saturated rings. The van der Waals surface area contributed by atoms with Gasteiger partial charge in [0, 0.05) is 6.07 Å². The minimum absolute atomic E-state index is 0.266. The van der Waals surface area contributed by atoms with Crippen LogP contribution in [0.15, 0.2) is 42.5 Å². The summed E-state index contributed by atoms with van der Waals surface area (Å²) < 4.78 is 36.5. The molecule has 1 N–H and O–H groups in total. The first-order valence-corrected chi connectivity index (χ1v) is 11.0. The number of carbonyl (C=O) groups is 1. The van der Waals surface area contributed by atoms with Crippen LogP contribution >= 0.6 is 0 Å². The number of hydrogen-bond acceptors (Lipinski definition) is 5. The molecule has 0 bridgehead atoms. The van der Waals surface area contributed by atoms with E-state index in [1.165, 1.54) is 20.3 Å². The van der Waals surface area contributed by atoms with Crippen LogP contribution in [-0.4, -0.2) is 40.8 Å². The van der Waals surface area contributed by atoms with E-state index in [-0.39, 0.29) is 6.04 Å².